The summed E-state index contributed by atoms with van der Waals surface area (Å²) < 4.78 is 51.7. The van der Waals surface area contributed by atoms with Crippen LogP contribution in [0, 0.1) is 6.92 Å². The summed E-state index contributed by atoms with van der Waals surface area (Å²) in [4.78, 5) is 11.7. The molecule has 0 aliphatic carbocycles. The Labute approximate surface area is 141 Å². The maximum Gasteiger partial charge on any atom is 0.242 e. The van der Waals surface area contributed by atoms with Crippen molar-refractivity contribution >= 4 is 31.6 Å². The summed E-state index contributed by atoms with van der Waals surface area (Å²) in [5, 5.41) is 9.67. The molecule has 0 atom stereocenters. The number of rotatable bonds is 5. The molecule has 1 aromatic carbocycles. The first kappa shape index (κ1) is 18.8. The van der Waals surface area contributed by atoms with Gasteiger partial charge in [-0.15, -0.1) is 0 Å². The van der Waals surface area contributed by atoms with Crippen LogP contribution in [0.15, 0.2) is 23.1 Å². The average Bonchev–Trinajstić information content (AvgIpc) is 2.71. The van der Waals surface area contributed by atoms with Crippen LogP contribution in [0.25, 0.3) is 0 Å². The van der Waals surface area contributed by atoms with Crippen LogP contribution in [0.5, 0.6) is 0 Å². The number of sulfonamides is 2. The van der Waals surface area contributed by atoms with Gasteiger partial charge in [0, 0.05) is 13.0 Å². The molecular weight excluding hydrogens is 356 g/mol. The fourth-order valence-corrected chi connectivity index (χ4v) is 5.14. The maximum atomic E-state index is 12.4. The normalized spacial score (nSPS) is 18.2. The lowest BCUT2D eigenvalue weighted by Crippen LogP contribution is -2.38. The molecule has 0 radical (unpaired) electrons. The molecule has 0 bridgehead atoms. The quantitative estimate of drug-likeness (QED) is 0.752. The molecule has 1 aliphatic heterocycles. The van der Waals surface area contributed by atoms with Crippen molar-refractivity contribution in [1.82, 2.24) is 4.72 Å². The molecule has 0 spiro atoms. The van der Waals surface area contributed by atoms with Gasteiger partial charge in [0.15, 0.2) is 0 Å². The maximum absolute atomic E-state index is 12.4. The summed E-state index contributed by atoms with van der Waals surface area (Å²) in [6.07, 6.45) is -0.130. The number of hydrogen-bond acceptors (Lipinski definition) is 6. The minimum absolute atomic E-state index is 0.00765. The Bertz CT molecular complexity index is 869. The Hall–Kier alpha value is -1.49. The molecule has 1 saturated heterocycles. The highest BCUT2D eigenvalue weighted by Crippen LogP contribution is 2.29. The van der Waals surface area contributed by atoms with Crippen LogP contribution in [0.1, 0.15) is 25.8 Å². The van der Waals surface area contributed by atoms with Crippen molar-refractivity contribution < 1.29 is 26.7 Å². The van der Waals surface area contributed by atoms with Gasteiger partial charge >= 0.3 is 0 Å². The lowest BCUT2D eigenvalue weighted by molar-refractivity contribution is -0.116. The monoisotopic (exact) mass is 376 g/mol. The van der Waals surface area contributed by atoms with E-state index in [1.165, 1.54) is 26.0 Å². The fourth-order valence-electron chi connectivity index (χ4n) is 2.22. The Morgan fingerprint density at radius 2 is 1.96 bits per heavy atom. The Balaban J connectivity index is 2.45. The van der Waals surface area contributed by atoms with E-state index in [1.807, 2.05) is 0 Å². The topological polar surface area (TPSA) is 121 Å². The van der Waals surface area contributed by atoms with Gasteiger partial charge in [-0.3, -0.25) is 4.79 Å². The van der Waals surface area contributed by atoms with E-state index < -0.39 is 31.6 Å². The van der Waals surface area contributed by atoms with Gasteiger partial charge in [0.05, 0.1) is 21.9 Å². The number of carbonyl (C=O) groups excluding carboxylic acids is 1. The molecule has 1 aliphatic rings. The number of anilines is 1. The third-order valence-electron chi connectivity index (χ3n) is 3.47. The SMILES string of the molecule is Cc1ccc(N2C(=O)CCS2(=O)=O)cc1S(=O)(=O)NCC(C)(C)O. The van der Waals surface area contributed by atoms with Gasteiger partial charge in [-0.05, 0) is 38.5 Å². The van der Waals surface area contributed by atoms with Crippen molar-refractivity contribution in [3.8, 4) is 0 Å². The number of nitrogens with zero attached hydrogens (tertiary/aromatic N) is 1. The highest BCUT2D eigenvalue weighted by Gasteiger charge is 2.37. The third kappa shape index (κ3) is 3.94. The number of nitrogens with one attached hydrogen (secondary N) is 1. The molecule has 24 heavy (non-hydrogen) atoms. The summed E-state index contributed by atoms with van der Waals surface area (Å²) in [6, 6.07) is 3.99. The largest absolute Gasteiger partial charge is 0.389 e. The second-order valence-electron chi connectivity index (χ2n) is 6.31. The standard InChI is InChI=1S/C14H20N2O6S2/c1-10-4-5-11(16-13(17)6-7-23(16,19)20)8-12(10)24(21,22)15-9-14(2,3)18/h4-5,8,15,18H,6-7,9H2,1-3H3. The molecule has 10 heteroatoms. The average molecular weight is 376 g/mol. The summed E-state index contributed by atoms with van der Waals surface area (Å²) in [5.41, 5.74) is -0.856. The van der Waals surface area contributed by atoms with E-state index >= 15 is 0 Å². The second-order valence-corrected chi connectivity index (χ2v) is 9.98. The highest BCUT2D eigenvalue weighted by atomic mass is 32.2. The van der Waals surface area contributed by atoms with E-state index in [0.29, 0.717) is 9.87 Å². The second kappa shape index (κ2) is 6.10. The van der Waals surface area contributed by atoms with Crippen molar-refractivity contribution in [2.45, 2.75) is 37.7 Å². The fraction of sp³-hybridized carbons (Fsp3) is 0.500. The molecule has 8 nitrogen and oxygen atoms in total. The minimum Gasteiger partial charge on any atom is -0.389 e. The number of amides is 1. The van der Waals surface area contributed by atoms with E-state index in [4.69, 9.17) is 0 Å². The first-order valence-corrected chi connectivity index (χ1v) is 10.3. The summed E-state index contributed by atoms with van der Waals surface area (Å²) in [5.74, 6) is -0.884. The molecule has 0 unspecified atom stereocenters. The van der Waals surface area contributed by atoms with Crippen LogP contribution < -0.4 is 9.03 Å². The molecule has 1 fully saturated rings. The minimum atomic E-state index is -3.97. The predicted octanol–water partition coefficient (Wildman–Crippen LogP) is 0.111. The molecule has 1 heterocycles. The molecule has 0 aromatic heterocycles. The lowest BCUT2D eigenvalue weighted by Gasteiger charge is -2.20. The molecular formula is C14H20N2O6S2. The van der Waals surface area contributed by atoms with E-state index in [1.54, 1.807) is 6.92 Å². The van der Waals surface area contributed by atoms with Gasteiger partial charge in [-0.1, -0.05) is 6.07 Å². The van der Waals surface area contributed by atoms with Crippen molar-refractivity contribution in [1.29, 1.82) is 0 Å². The number of hydrogen-bond donors (Lipinski definition) is 2. The Kier molecular flexibility index (Phi) is 4.79. The summed E-state index contributed by atoms with van der Waals surface area (Å²) in [7, 11) is -7.75. The number of aryl methyl sites for hydroxylation is 1. The number of benzene rings is 1. The van der Waals surface area contributed by atoms with Gasteiger partial charge < -0.3 is 5.11 Å². The van der Waals surface area contributed by atoms with Crippen LogP contribution in [-0.4, -0.2) is 45.7 Å². The predicted molar refractivity (Wildman–Crippen MR) is 88.6 cm³/mol. The molecule has 2 rings (SSSR count). The van der Waals surface area contributed by atoms with Crippen LogP contribution >= 0.6 is 0 Å². The smallest absolute Gasteiger partial charge is 0.242 e. The van der Waals surface area contributed by atoms with E-state index in [2.05, 4.69) is 4.72 Å². The van der Waals surface area contributed by atoms with Gasteiger partial charge in [0.25, 0.3) is 0 Å². The van der Waals surface area contributed by atoms with E-state index in [0.717, 1.165) is 6.07 Å². The van der Waals surface area contributed by atoms with Gasteiger partial charge in [0.2, 0.25) is 26.0 Å². The van der Waals surface area contributed by atoms with Gasteiger partial charge in [-0.2, -0.15) is 0 Å². The molecule has 0 saturated carbocycles. The van der Waals surface area contributed by atoms with Crippen LogP contribution in [0.4, 0.5) is 5.69 Å². The molecule has 1 aromatic rings. The zero-order chi connectivity index (χ0) is 18.3. The van der Waals surface area contributed by atoms with Crippen LogP contribution in [0.2, 0.25) is 0 Å². The summed E-state index contributed by atoms with van der Waals surface area (Å²) >= 11 is 0. The summed E-state index contributed by atoms with van der Waals surface area (Å²) in [6.45, 7) is 4.26. The number of carbonyl (C=O) groups is 1. The highest BCUT2D eigenvalue weighted by molar-refractivity contribution is 7.94. The number of aliphatic hydroxyl groups is 1. The van der Waals surface area contributed by atoms with Crippen molar-refractivity contribution in [2.75, 3.05) is 16.6 Å². The van der Waals surface area contributed by atoms with E-state index in [9.17, 15) is 26.7 Å². The molecule has 134 valence electrons. The van der Waals surface area contributed by atoms with Gasteiger partial charge in [-0.25, -0.2) is 25.9 Å². The lowest BCUT2D eigenvalue weighted by atomic mass is 10.1. The van der Waals surface area contributed by atoms with Crippen molar-refractivity contribution in [3.63, 3.8) is 0 Å². The van der Waals surface area contributed by atoms with E-state index in [-0.39, 0.29) is 29.3 Å². The third-order valence-corrected chi connectivity index (χ3v) is 6.70. The van der Waals surface area contributed by atoms with Crippen LogP contribution in [-0.2, 0) is 24.8 Å². The first-order chi connectivity index (χ1) is 10.8. The zero-order valence-electron chi connectivity index (χ0n) is 13.6. The first-order valence-electron chi connectivity index (χ1n) is 7.22. The Morgan fingerprint density at radius 1 is 1.33 bits per heavy atom. The van der Waals surface area contributed by atoms with Gasteiger partial charge in [0.1, 0.15) is 0 Å². The molecule has 2 N–H and O–H groups in total. The molecule has 1 amide bonds. The Morgan fingerprint density at radius 3 is 2.46 bits per heavy atom. The zero-order valence-corrected chi connectivity index (χ0v) is 15.2. The van der Waals surface area contributed by atoms with Crippen molar-refractivity contribution in [2.24, 2.45) is 0 Å². The van der Waals surface area contributed by atoms with Crippen LogP contribution in [0.3, 0.4) is 0 Å². The van der Waals surface area contributed by atoms with Crippen molar-refractivity contribution in [3.05, 3.63) is 23.8 Å².